The average Bonchev–Trinajstić information content (AvgIpc) is 2.41. The number of para-hydroxylation sites is 1. The molecule has 19 heavy (non-hydrogen) atoms. The van der Waals surface area contributed by atoms with Gasteiger partial charge in [-0.25, -0.2) is 0 Å². The molecule has 1 saturated carbocycles. The van der Waals surface area contributed by atoms with Crippen molar-refractivity contribution in [1.29, 1.82) is 0 Å². The second-order valence-electron chi connectivity index (χ2n) is 6.07. The molecule has 1 aromatic carbocycles. The smallest absolute Gasteiger partial charge is 0.120 e. The Morgan fingerprint density at radius 3 is 2.58 bits per heavy atom. The van der Waals surface area contributed by atoms with Gasteiger partial charge in [-0.1, -0.05) is 25.1 Å². The molecule has 0 aliphatic heterocycles. The third kappa shape index (κ3) is 3.71. The number of rotatable bonds is 4. The van der Waals surface area contributed by atoms with Crippen LogP contribution in [0.4, 0.5) is 0 Å². The lowest BCUT2D eigenvalue weighted by molar-refractivity contribution is -0.00788. The molecule has 1 aliphatic carbocycles. The number of hydrogen-bond donors (Lipinski definition) is 3. The highest BCUT2D eigenvalue weighted by Gasteiger charge is 2.31. The topological polar surface area (TPSA) is 52.5 Å². The van der Waals surface area contributed by atoms with Crippen LogP contribution >= 0.6 is 0 Å². The first kappa shape index (κ1) is 14.4. The van der Waals surface area contributed by atoms with Crippen molar-refractivity contribution in [3.8, 4) is 5.75 Å². The number of benzene rings is 1. The fourth-order valence-corrected chi connectivity index (χ4v) is 2.78. The minimum absolute atomic E-state index is 0.0459. The van der Waals surface area contributed by atoms with Gasteiger partial charge in [0, 0.05) is 18.2 Å². The summed E-state index contributed by atoms with van der Waals surface area (Å²) in [4.78, 5) is 0. The molecular weight excluding hydrogens is 238 g/mol. The van der Waals surface area contributed by atoms with Crippen LogP contribution in [0, 0.1) is 5.92 Å². The van der Waals surface area contributed by atoms with E-state index >= 15 is 0 Å². The summed E-state index contributed by atoms with van der Waals surface area (Å²) in [6.07, 6.45) is 3.94. The van der Waals surface area contributed by atoms with Crippen LogP contribution in [0.15, 0.2) is 24.3 Å². The predicted octanol–water partition coefficient (Wildman–Crippen LogP) is 2.98. The van der Waals surface area contributed by atoms with Crippen molar-refractivity contribution in [2.75, 3.05) is 6.54 Å². The first-order valence-corrected chi connectivity index (χ1v) is 7.24. The Kier molecular flexibility index (Phi) is 4.48. The molecule has 0 saturated heterocycles. The summed E-state index contributed by atoms with van der Waals surface area (Å²) in [6.45, 7) is 4.86. The van der Waals surface area contributed by atoms with Crippen LogP contribution in [0.3, 0.4) is 0 Å². The molecule has 1 unspecified atom stereocenters. The number of phenols is 1. The Labute approximate surface area is 115 Å². The number of aromatic hydroxyl groups is 1. The summed E-state index contributed by atoms with van der Waals surface area (Å²) in [7, 11) is 0. The second-order valence-corrected chi connectivity index (χ2v) is 6.07. The van der Waals surface area contributed by atoms with Crippen LogP contribution in [0.2, 0.25) is 0 Å². The first-order chi connectivity index (χ1) is 9.00. The summed E-state index contributed by atoms with van der Waals surface area (Å²) in [6, 6.07) is 7.40. The Morgan fingerprint density at radius 1 is 1.32 bits per heavy atom. The molecule has 0 aromatic heterocycles. The van der Waals surface area contributed by atoms with E-state index in [4.69, 9.17) is 0 Å². The van der Waals surface area contributed by atoms with Gasteiger partial charge in [0.05, 0.1) is 5.60 Å². The van der Waals surface area contributed by atoms with Crippen molar-refractivity contribution in [3.63, 3.8) is 0 Å². The quantitative estimate of drug-likeness (QED) is 0.782. The largest absolute Gasteiger partial charge is 0.508 e. The van der Waals surface area contributed by atoms with Crippen LogP contribution < -0.4 is 5.32 Å². The van der Waals surface area contributed by atoms with E-state index in [0.29, 0.717) is 12.3 Å². The zero-order valence-electron chi connectivity index (χ0n) is 11.9. The lowest BCUT2D eigenvalue weighted by Crippen LogP contribution is -2.44. The molecule has 3 heteroatoms. The molecule has 0 radical (unpaired) electrons. The van der Waals surface area contributed by atoms with E-state index in [1.165, 1.54) is 0 Å². The average molecular weight is 263 g/mol. The zero-order valence-corrected chi connectivity index (χ0v) is 11.9. The van der Waals surface area contributed by atoms with Crippen molar-refractivity contribution in [2.45, 2.75) is 51.2 Å². The van der Waals surface area contributed by atoms with E-state index in [9.17, 15) is 10.2 Å². The summed E-state index contributed by atoms with van der Waals surface area (Å²) in [5, 5.41) is 23.7. The molecule has 1 aromatic rings. The van der Waals surface area contributed by atoms with E-state index in [2.05, 4.69) is 12.2 Å². The van der Waals surface area contributed by atoms with Gasteiger partial charge < -0.3 is 15.5 Å². The lowest BCUT2D eigenvalue weighted by atomic mass is 9.79. The molecule has 0 bridgehead atoms. The van der Waals surface area contributed by atoms with Crippen molar-refractivity contribution in [1.82, 2.24) is 5.32 Å². The molecule has 3 nitrogen and oxygen atoms in total. The van der Waals surface area contributed by atoms with Crippen LogP contribution in [-0.4, -0.2) is 22.4 Å². The molecule has 1 aliphatic rings. The predicted molar refractivity (Wildman–Crippen MR) is 77.1 cm³/mol. The molecule has 2 rings (SSSR count). The molecule has 1 fully saturated rings. The van der Waals surface area contributed by atoms with Crippen molar-refractivity contribution in [2.24, 2.45) is 5.92 Å². The summed E-state index contributed by atoms with van der Waals surface area (Å²) < 4.78 is 0. The monoisotopic (exact) mass is 263 g/mol. The minimum atomic E-state index is -0.578. The van der Waals surface area contributed by atoms with Crippen molar-refractivity contribution in [3.05, 3.63) is 29.8 Å². The maximum absolute atomic E-state index is 10.5. The molecule has 3 N–H and O–H groups in total. The van der Waals surface area contributed by atoms with Crippen LogP contribution in [0.5, 0.6) is 5.75 Å². The van der Waals surface area contributed by atoms with Gasteiger partial charge in [0.15, 0.2) is 0 Å². The number of nitrogens with one attached hydrogen (secondary N) is 1. The SMILES string of the molecule is CC1CCC(O)(CNC(C)c2ccccc2O)CC1. The van der Waals surface area contributed by atoms with Gasteiger partial charge >= 0.3 is 0 Å². The van der Waals surface area contributed by atoms with Gasteiger partial charge in [-0.2, -0.15) is 0 Å². The highest BCUT2D eigenvalue weighted by Crippen LogP contribution is 2.32. The van der Waals surface area contributed by atoms with Crippen LogP contribution in [0.1, 0.15) is 51.1 Å². The number of hydrogen-bond acceptors (Lipinski definition) is 3. The highest BCUT2D eigenvalue weighted by molar-refractivity contribution is 5.34. The fraction of sp³-hybridized carbons (Fsp3) is 0.625. The van der Waals surface area contributed by atoms with Gasteiger partial charge in [-0.05, 0) is 44.6 Å². The van der Waals surface area contributed by atoms with Crippen LogP contribution in [-0.2, 0) is 0 Å². The second kappa shape index (κ2) is 5.93. The standard InChI is InChI=1S/C16H25NO2/c1-12-7-9-16(19,10-8-12)11-17-13(2)14-5-3-4-6-15(14)18/h3-6,12-13,17-19H,7-11H2,1-2H3. The molecule has 0 spiro atoms. The zero-order chi connectivity index (χ0) is 13.9. The van der Waals surface area contributed by atoms with Gasteiger partial charge in [0.2, 0.25) is 0 Å². The first-order valence-electron chi connectivity index (χ1n) is 7.24. The van der Waals surface area contributed by atoms with Crippen molar-refractivity contribution < 1.29 is 10.2 Å². The van der Waals surface area contributed by atoms with E-state index in [0.717, 1.165) is 37.2 Å². The van der Waals surface area contributed by atoms with E-state index in [-0.39, 0.29) is 6.04 Å². The van der Waals surface area contributed by atoms with E-state index < -0.39 is 5.60 Å². The molecule has 106 valence electrons. The molecule has 0 heterocycles. The Bertz CT molecular complexity index is 411. The minimum Gasteiger partial charge on any atom is -0.508 e. The Morgan fingerprint density at radius 2 is 1.95 bits per heavy atom. The van der Waals surface area contributed by atoms with Gasteiger partial charge in [0.1, 0.15) is 5.75 Å². The van der Waals surface area contributed by atoms with Crippen LogP contribution in [0.25, 0.3) is 0 Å². The maximum Gasteiger partial charge on any atom is 0.120 e. The summed E-state index contributed by atoms with van der Waals surface area (Å²) >= 11 is 0. The van der Waals surface area contributed by atoms with Gasteiger partial charge in [0.25, 0.3) is 0 Å². The third-order valence-corrected chi connectivity index (χ3v) is 4.35. The third-order valence-electron chi connectivity index (χ3n) is 4.35. The normalized spacial score (nSPS) is 29.1. The maximum atomic E-state index is 10.5. The Hall–Kier alpha value is -1.06. The summed E-state index contributed by atoms with van der Waals surface area (Å²) in [5.74, 6) is 1.04. The highest BCUT2D eigenvalue weighted by atomic mass is 16.3. The molecule has 1 atom stereocenters. The van der Waals surface area contributed by atoms with Gasteiger partial charge in [-0.3, -0.25) is 0 Å². The summed E-state index contributed by atoms with van der Waals surface area (Å²) in [5.41, 5.74) is 0.306. The van der Waals surface area contributed by atoms with Gasteiger partial charge in [-0.15, -0.1) is 0 Å². The van der Waals surface area contributed by atoms with E-state index in [1.807, 2.05) is 25.1 Å². The molecule has 0 amide bonds. The van der Waals surface area contributed by atoms with Crippen molar-refractivity contribution >= 4 is 0 Å². The molecular formula is C16H25NO2. The fourth-order valence-electron chi connectivity index (χ4n) is 2.78. The number of phenolic OH excluding ortho intramolecular Hbond substituents is 1. The Balaban J connectivity index is 1.90. The van der Waals surface area contributed by atoms with E-state index in [1.54, 1.807) is 6.07 Å². The lowest BCUT2D eigenvalue weighted by Gasteiger charge is -2.36. The number of aliphatic hydroxyl groups is 1.